The van der Waals surface area contributed by atoms with E-state index in [0.717, 1.165) is 0 Å². The lowest BCUT2D eigenvalue weighted by molar-refractivity contribution is -0.823. The van der Waals surface area contributed by atoms with E-state index >= 15 is 0 Å². The van der Waals surface area contributed by atoms with Crippen molar-refractivity contribution in [3.05, 3.63) is 17.6 Å². The second-order valence-corrected chi connectivity index (χ2v) is 2.93. The van der Waals surface area contributed by atoms with Gasteiger partial charge in [0.05, 0.1) is 18.7 Å². The van der Waals surface area contributed by atoms with Crippen LogP contribution in [0.5, 0.6) is 0 Å². The van der Waals surface area contributed by atoms with E-state index < -0.39 is 4.65 Å². The zero-order valence-corrected chi connectivity index (χ0v) is 7.18. The SMILES string of the molecule is N#CCCN1C=C[N+]([O-])(CC#N)C1. The van der Waals surface area contributed by atoms with E-state index in [1.54, 1.807) is 11.1 Å². The fourth-order valence-electron chi connectivity index (χ4n) is 1.18. The summed E-state index contributed by atoms with van der Waals surface area (Å²) in [5, 5.41) is 28.3. The van der Waals surface area contributed by atoms with Gasteiger partial charge in [-0.25, -0.2) is 0 Å². The van der Waals surface area contributed by atoms with Crippen molar-refractivity contribution in [1.29, 1.82) is 10.5 Å². The molecule has 0 aliphatic carbocycles. The maximum absolute atomic E-state index is 11.6. The fraction of sp³-hybridized carbons (Fsp3) is 0.500. The van der Waals surface area contributed by atoms with Crippen molar-refractivity contribution in [1.82, 2.24) is 4.90 Å². The lowest BCUT2D eigenvalue weighted by Gasteiger charge is -2.33. The molecule has 0 bridgehead atoms. The smallest absolute Gasteiger partial charge is 0.171 e. The Kier molecular flexibility index (Phi) is 2.86. The Morgan fingerprint density at radius 3 is 2.85 bits per heavy atom. The summed E-state index contributed by atoms with van der Waals surface area (Å²) in [5.74, 6) is 0. The average Bonchev–Trinajstić information content (AvgIpc) is 2.45. The quantitative estimate of drug-likeness (QED) is 0.358. The molecule has 0 aromatic carbocycles. The molecule has 1 aliphatic rings. The van der Waals surface area contributed by atoms with Crippen LogP contribution in [0, 0.1) is 27.9 Å². The fourth-order valence-corrected chi connectivity index (χ4v) is 1.18. The van der Waals surface area contributed by atoms with E-state index in [2.05, 4.69) is 0 Å². The van der Waals surface area contributed by atoms with Gasteiger partial charge in [-0.3, -0.25) is 0 Å². The van der Waals surface area contributed by atoms with Gasteiger partial charge in [0.25, 0.3) is 0 Å². The number of quaternary nitrogens is 1. The summed E-state index contributed by atoms with van der Waals surface area (Å²) in [6.45, 7) is 0.732. The molecule has 13 heavy (non-hydrogen) atoms. The van der Waals surface area contributed by atoms with E-state index in [1.165, 1.54) is 6.20 Å². The van der Waals surface area contributed by atoms with Gasteiger partial charge in [-0.1, -0.05) is 0 Å². The van der Waals surface area contributed by atoms with Crippen LogP contribution in [0.3, 0.4) is 0 Å². The normalized spacial score (nSPS) is 25.6. The number of nitrogens with zero attached hydrogens (tertiary/aromatic N) is 4. The molecule has 1 unspecified atom stereocenters. The minimum atomic E-state index is -0.623. The molecule has 0 spiro atoms. The minimum Gasteiger partial charge on any atom is -0.626 e. The third-order valence-electron chi connectivity index (χ3n) is 1.82. The van der Waals surface area contributed by atoms with Crippen molar-refractivity contribution in [2.45, 2.75) is 6.42 Å². The van der Waals surface area contributed by atoms with E-state index in [0.29, 0.717) is 13.0 Å². The number of nitriles is 2. The van der Waals surface area contributed by atoms with Crippen LogP contribution in [0.25, 0.3) is 0 Å². The topological polar surface area (TPSA) is 73.9 Å². The summed E-state index contributed by atoms with van der Waals surface area (Å²) in [6.07, 6.45) is 3.50. The molecule has 0 radical (unpaired) electrons. The number of hydroxylamine groups is 3. The lowest BCUT2D eigenvalue weighted by Crippen LogP contribution is -2.39. The molecule has 0 aromatic heterocycles. The van der Waals surface area contributed by atoms with Crippen molar-refractivity contribution in [3.8, 4) is 12.1 Å². The third kappa shape index (κ3) is 2.45. The Balaban J connectivity index is 2.43. The Morgan fingerprint density at radius 1 is 1.46 bits per heavy atom. The highest BCUT2D eigenvalue weighted by Crippen LogP contribution is 2.15. The van der Waals surface area contributed by atoms with E-state index in [1.807, 2.05) is 12.1 Å². The van der Waals surface area contributed by atoms with Crippen molar-refractivity contribution in [2.75, 3.05) is 19.8 Å². The summed E-state index contributed by atoms with van der Waals surface area (Å²) < 4.78 is -0.623. The molecule has 1 aliphatic heterocycles. The van der Waals surface area contributed by atoms with Crippen molar-refractivity contribution in [3.63, 3.8) is 0 Å². The number of hydrogen-bond donors (Lipinski definition) is 0. The summed E-state index contributed by atoms with van der Waals surface area (Å²) >= 11 is 0. The van der Waals surface area contributed by atoms with E-state index in [4.69, 9.17) is 10.5 Å². The van der Waals surface area contributed by atoms with Gasteiger partial charge in [-0.05, 0) is 0 Å². The first-order valence-electron chi connectivity index (χ1n) is 3.95. The summed E-state index contributed by atoms with van der Waals surface area (Å²) in [7, 11) is 0. The first-order valence-corrected chi connectivity index (χ1v) is 3.95. The highest BCUT2D eigenvalue weighted by Gasteiger charge is 2.22. The largest absolute Gasteiger partial charge is 0.626 e. The summed E-state index contributed by atoms with van der Waals surface area (Å²) in [6, 6.07) is 3.85. The summed E-state index contributed by atoms with van der Waals surface area (Å²) in [5.41, 5.74) is 0. The molecule has 5 heteroatoms. The van der Waals surface area contributed by atoms with Gasteiger partial charge in [-0.2, -0.15) is 10.5 Å². The molecule has 0 saturated heterocycles. The second-order valence-electron chi connectivity index (χ2n) is 2.93. The molecule has 1 atom stereocenters. The lowest BCUT2D eigenvalue weighted by atomic mass is 10.4. The molecule has 5 nitrogen and oxygen atoms in total. The molecular weight excluding hydrogens is 168 g/mol. The molecule has 0 N–H and O–H groups in total. The molecule has 0 saturated carbocycles. The molecule has 0 fully saturated rings. The van der Waals surface area contributed by atoms with Gasteiger partial charge in [0, 0.05) is 6.54 Å². The zero-order valence-electron chi connectivity index (χ0n) is 7.18. The third-order valence-corrected chi connectivity index (χ3v) is 1.82. The van der Waals surface area contributed by atoms with Crippen LogP contribution in [0.2, 0.25) is 0 Å². The molecule has 1 heterocycles. The van der Waals surface area contributed by atoms with Crippen LogP contribution in [0.4, 0.5) is 0 Å². The maximum Gasteiger partial charge on any atom is 0.171 e. The van der Waals surface area contributed by atoms with Crippen LogP contribution in [-0.2, 0) is 0 Å². The Hall–Kier alpha value is -1.56. The van der Waals surface area contributed by atoms with Crippen LogP contribution >= 0.6 is 0 Å². The minimum absolute atomic E-state index is 0.0699. The first kappa shape index (κ1) is 9.53. The standard InChI is InChI=1S/C8H10N4O/c9-2-1-4-11-5-7-12(13,8-11)6-3-10/h5,7H,1,4,6,8H2. The van der Waals surface area contributed by atoms with Crippen LogP contribution in [0.1, 0.15) is 6.42 Å². The van der Waals surface area contributed by atoms with Crippen LogP contribution < -0.4 is 0 Å². The zero-order chi connectivity index (χ0) is 9.73. The average molecular weight is 178 g/mol. The predicted octanol–water partition coefficient (Wildman–Crippen LogP) is 0.483. The highest BCUT2D eigenvalue weighted by molar-refractivity contribution is 4.87. The monoisotopic (exact) mass is 178 g/mol. The molecule has 0 amide bonds. The van der Waals surface area contributed by atoms with Gasteiger partial charge >= 0.3 is 0 Å². The summed E-state index contributed by atoms with van der Waals surface area (Å²) in [4.78, 5) is 1.76. The van der Waals surface area contributed by atoms with Crippen molar-refractivity contribution >= 4 is 0 Å². The van der Waals surface area contributed by atoms with Crippen molar-refractivity contribution < 1.29 is 4.65 Å². The first-order chi connectivity index (χ1) is 6.20. The molecule has 1 rings (SSSR count). The van der Waals surface area contributed by atoms with Crippen LogP contribution in [0.15, 0.2) is 12.4 Å². The predicted molar refractivity (Wildman–Crippen MR) is 45.1 cm³/mol. The Morgan fingerprint density at radius 2 is 2.23 bits per heavy atom. The van der Waals surface area contributed by atoms with Crippen LogP contribution in [-0.4, -0.2) is 29.3 Å². The Bertz CT molecular complexity index is 287. The van der Waals surface area contributed by atoms with Gasteiger partial charge in [0.1, 0.15) is 12.3 Å². The highest BCUT2D eigenvalue weighted by atomic mass is 16.5. The molecule has 0 aromatic rings. The van der Waals surface area contributed by atoms with Gasteiger partial charge in [0.15, 0.2) is 13.2 Å². The number of hydrogen-bond acceptors (Lipinski definition) is 4. The molecule has 68 valence electrons. The second kappa shape index (κ2) is 3.90. The molecular formula is C8H10N4O. The van der Waals surface area contributed by atoms with Crippen molar-refractivity contribution in [2.24, 2.45) is 0 Å². The number of rotatable bonds is 3. The van der Waals surface area contributed by atoms with E-state index in [-0.39, 0.29) is 13.2 Å². The maximum atomic E-state index is 11.6. The Labute approximate surface area is 76.9 Å². The van der Waals surface area contributed by atoms with Gasteiger partial charge in [0.2, 0.25) is 0 Å². The van der Waals surface area contributed by atoms with E-state index in [9.17, 15) is 5.21 Å². The van der Waals surface area contributed by atoms with Gasteiger partial charge in [-0.15, -0.1) is 0 Å². The van der Waals surface area contributed by atoms with Gasteiger partial charge < -0.3 is 14.8 Å².